The van der Waals surface area contributed by atoms with Gasteiger partial charge in [-0.05, 0) is 31.5 Å². The van der Waals surface area contributed by atoms with Crippen LogP contribution in [0.5, 0.6) is 0 Å². The van der Waals surface area contributed by atoms with E-state index in [0.29, 0.717) is 17.1 Å². The molecule has 0 fully saturated rings. The van der Waals surface area contributed by atoms with Crippen LogP contribution in [0.4, 0.5) is 5.69 Å². The van der Waals surface area contributed by atoms with Gasteiger partial charge in [0.15, 0.2) is 0 Å². The molecule has 2 aromatic rings. The maximum absolute atomic E-state index is 12.0. The zero-order valence-electron chi connectivity index (χ0n) is 11.4. The fourth-order valence-electron chi connectivity index (χ4n) is 1.62. The second-order valence-corrected chi connectivity index (χ2v) is 4.22. The zero-order chi connectivity index (χ0) is 14.7. The van der Waals surface area contributed by atoms with Crippen LogP contribution < -0.4 is 5.32 Å². The fourth-order valence-corrected chi connectivity index (χ4v) is 1.62. The molecule has 2 rings (SSSR count). The largest absolute Gasteiger partial charge is 0.465 e. The Hall–Kier alpha value is -2.70. The number of ether oxygens (including phenoxy) is 1. The maximum Gasteiger partial charge on any atom is 0.337 e. The predicted octanol–water partition coefficient (Wildman–Crippen LogP) is 1.46. The van der Waals surface area contributed by atoms with E-state index in [1.165, 1.54) is 7.11 Å². The average Bonchev–Trinajstić information content (AvgIpc) is 2.87. The molecule has 0 aliphatic carbocycles. The number of hydrogen-bond donors (Lipinski definition) is 2. The third kappa shape index (κ3) is 2.82. The van der Waals surface area contributed by atoms with Gasteiger partial charge in [-0.25, -0.2) is 9.78 Å². The molecule has 0 saturated carbocycles. The van der Waals surface area contributed by atoms with Gasteiger partial charge in [0.1, 0.15) is 5.82 Å². The molecule has 0 aliphatic rings. The van der Waals surface area contributed by atoms with Crippen LogP contribution in [-0.2, 0) is 4.74 Å². The van der Waals surface area contributed by atoms with Gasteiger partial charge in [-0.1, -0.05) is 6.07 Å². The number of benzene rings is 1. The molecule has 1 aromatic carbocycles. The van der Waals surface area contributed by atoms with E-state index in [-0.39, 0.29) is 5.82 Å². The van der Waals surface area contributed by atoms with Crippen molar-refractivity contribution in [3.63, 3.8) is 0 Å². The van der Waals surface area contributed by atoms with Gasteiger partial charge in [0.2, 0.25) is 5.82 Å². The summed E-state index contributed by atoms with van der Waals surface area (Å²) in [7, 11) is 1.30. The van der Waals surface area contributed by atoms with Gasteiger partial charge in [0.25, 0.3) is 5.91 Å². The zero-order valence-corrected chi connectivity index (χ0v) is 11.4. The Morgan fingerprint density at radius 2 is 2.05 bits per heavy atom. The number of methoxy groups -OCH3 is 1. The lowest BCUT2D eigenvalue weighted by Crippen LogP contribution is -2.15. The minimum Gasteiger partial charge on any atom is -0.465 e. The first-order valence-electron chi connectivity index (χ1n) is 5.90. The summed E-state index contributed by atoms with van der Waals surface area (Å²) < 4.78 is 4.64. The molecule has 0 unspecified atom stereocenters. The molecular weight excluding hydrogens is 260 g/mol. The van der Waals surface area contributed by atoms with E-state index >= 15 is 0 Å². The first-order valence-corrected chi connectivity index (χ1v) is 5.90. The number of esters is 1. The summed E-state index contributed by atoms with van der Waals surface area (Å²) in [6, 6.07) is 4.91. The van der Waals surface area contributed by atoms with Gasteiger partial charge in [-0.2, -0.15) is 0 Å². The minimum absolute atomic E-state index is 0.0466. The molecule has 0 saturated heterocycles. The molecule has 0 bridgehead atoms. The number of aromatic nitrogens is 3. The summed E-state index contributed by atoms with van der Waals surface area (Å²) in [6.45, 7) is 3.52. The second kappa shape index (κ2) is 5.52. The van der Waals surface area contributed by atoms with Gasteiger partial charge in [-0.3, -0.25) is 9.89 Å². The molecule has 0 aliphatic heterocycles. The molecule has 1 amide bonds. The van der Waals surface area contributed by atoms with E-state index < -0.39 is 11.9 Å². The van der Waals surface area contributed by atoms with Crippen LogP contribution in [0.15, 0.2) is 18.2 Å². The number of amides is 1. The Bertz CT molecular complexity index is 663. The van der Waals surface area contributed by atoms with Crippen LogP contribution in [0, 0.1) is 13.8 Å². The molecule has 1 heterocycles. The number of aryl methyl sites for hydroxylation is 2. The van der Waals surface area contributed by atoms with Crippen LogP contribution in [0.1, 0.15) is 32.4 Å². The molecule has 0 radical (unpaired) electrons. The number of nitrogens with zero attached hydrogens (tertiary/aromatic N) is 2. The summed E-state index contributed by atoms with van der Waals surface area (Å²) >= 11 is 0. The van der Waals surface area contributed by atoms with Crippen molar-refractivity contribution in [3.05, 3.63) is 41.0 Å². The SMILES string of the molecule is COC(=O)c1ccc(C)c(NC(=O)c2n[nH]c(C)n2)c1. The third-order valence-corrected chi connectivity index (χ3v) is 2.71. The Kier molecular flexibility index (Phi) is 3.79. The second-order valence-electron chi connectivity index (χ2n) is 4.22. The van der Waals surface area contributed by atoms with Crippen molar-refractivity contribution in [3.8, 4) is 0 Å². The van der Waals surface area contributed by atoms with Crippen molar-refractivity contribution in [2.75, 3.05) is 12.4 Å². The third-order valence-electron chi connectivity index (χ3n) is 2.71. The lowest BCUT2D eigenvalue weighted by molar-refractivity contribution is 0.0600. The first-order chi connectivity index (χ1) is 9.51. The van der Waals surface area contributed by atoms with Crippen LogP contribution in [-0.4, -0.2) is 34.2 Å². The van der Waals surface area contributed by atoms with Crippen LogP contribution >= 0.6 is 0 Å². The van der Waals surface area contributed by atoms with Gasteiger partial charge in [-0.15, -0.1) is 5.10 Å². The van der Waals surface area contributed by atoms with E-state index in [1.807, 2.05) is 6.92 Å². The molecule has 7 nitrogen and oxygen atoms in total. The first kappa shape index (κ1) is 13.7. The summed E-state index contributed by atoms with van der Waals surface area (Å²) in [5, 5.41) is 9.04. The Morgan fingerprint density at radius 1 is 1.30 bits per heavy atom. The number of anilines is 1. The van der Waals surface area contributed by atoms with E-state index in [0.717, 1.165) is 5.56 Å². The van der Waals surface area contributed by atoms with Gasteiger partial charge >= 0.3 is 5.97 Å². The van der Waals surface area contributed by atoms with E-state index in [4.69, 9.17) is 0 Å². The van der Waals surface area contributed by atoms with Crippen molar-refractivity contribution in [1.82, 2.24) is 15.2 Å². The van der Waals surface area contributed by atoms with Crippen molar-refractivity contribution < 1.29 is 14.3 Å². The Labute approximate surface area is 115 Å². The van der Waals surface area contributed by atoms with Crippen LogP contribution in [0.3, 0.4) is 0 Å². The number of hydrogen-bond acceptors (Lipinski definition) is 5. The van der Waals surface area contributed by atoms with Crippen molar-refractivity contribution >= 4 is 17.6 Å². The average molecular weight is 274 g/mol. The quantitative estimate of drug-likeness (QED) is 0.826. The fraction of sp³-hybridized carbons (Fsp3) is 0.231. The maximum atomic E-state index is 12.0. The summed E-state index contributed by atoms with van der Waals surface area (Å²) in [6.07, 6.45) is 0. The highest BCUT2D eigenvalue weighted by atomic mass is 16.5. The highest BCUT2D eigenvalue weighted by Gasteiger charge is 2.14. The van der Waals surface area contributed by atoms with Crippen molar-refractivity contribution in [2.45, 2.75) is 13.8 Å². The van der Waals surface area contributed by atoms with Gasteiger partial charge in [0, 0.05) is 5.69 Å². The number of aromatic amines is 1. The summed E-state index contributed by atoms with van der Waals surface area (Å²) in [5.41, 5.74) is 1.69. The number of nitrogens with one attached hydrogen (secondary N) is 2. The highest BCUT2D eigenvalue weighted by Crippen LogP contribution is 2.18. The minimum atomic E-state index is -0.464. The van der Waals surface area contributed by atoms with Gasteiger partial charge in [0.05, 0.1) is 12.7 Å². The van der Waals surface area contributed by atoms with Gasteiger partial charge < -0.3 is 10.1 Å². The van der Waals surface area contributed by atoms with Crippen molar-refractivity contribution in [2.24, 2.45) is 0 Å². The van der Waals surface area contributed by atoms with E-state index in [9.17, 15) is 9.59 Å². The lowest BCUT2D eigenvalue weighted by atomic mass is 10.1. The van der Waals surface area contributed by atoms with Crippen molar-refractivity contribution in [1.29, 1.82) is 0 Å². The van der Waals surface area contributed by atoms with Crippen LogP contribution in [0.25, 0.3) is 0 Å². The molecule has 2 N–H and O–H groups in total. The normalized spacial score (nSPS) is 10.2. The summed E-state index contributed by atoms with van der Waals surface area (Å²) in [4.78, 5) is 27.4. The Morgan fingerprint density at radius 3 is 2.65 bits per heavy atom. The molecule has 7 heteroatoms. The van der Waals surface area contributed by atoms with Crippen LogP contribution in [0.2, 0.25) is 0 Å². The standard InChI is InChI=1S/C13H14N4O3/c1-7-4-5-9(13(19)20-3)6-10(7)15-12(18)11-14-8(2)16-17-11/h4-6H,1-3H3,(H,15,18)(H,14,16,17). The smallest absolute Gasteiger partial charge is 0.337 e. The summed E-state index contributed by atoms with van der Waals surface area (Å²) in [5.74, 6) is -0.311. The molecule has 0 spiro atoms. The molecular formula is C13H14N4O3. The van der Waals surface area contributed by atoms with E-state index in [1.54, 1.807) is 25.1 Å². The lowest BCUT2D eigenvalue weighted by Gasteiger charge is -2.08. The Balaban J connectivity index is 2.24. The number of carbonyl (C=O) groups is 2. The molecule has 1 aromatic heterocycles. The molecule has 104 valence electrons. The number of H-pyrrole nitrogens is 1. The molecule has 20 heavy (non-hydrogen) atoms. The molecule has 0 atom stereocenters. The number of rotatable bonds is 3. The predicted molar refractivity (Wildman–Crippen MR) is 71.6 cm³/mol. The topological polar surface area (TPSA) is 97.0 Å². The van der Waals surface area contributed by atoms with E-state index in [2.05, 4.69) is 25.2 Å². The highest BCUT2D eigenvalue weighted by molar-refractivity contribution is 6.02. The monoisotopic (exact) mass is 274 g/mol. The number of carbonyl (C=O) groups excluding carboxylic acids is 2.